The van der Waals surface area contributed by atoms with Gasteiger partial charge in [0.15, 0.2) is 5.78 Å². The zero-order valence-electron chi connectivity index (χ0n) is 10.9. The topological polar surface area (TPSA) is 17.1 Å². The fourth-order valence-electron chi connectivity index (χ4n) is 2.40. The molecule has 0 spiro atoms. The highest BCUT2D eigenvalue weighted by molar-refractivity contribution is 6.31. The molecule has 0 bridgehead atoms. The van der Waals surface area contributed by atoms with Crippen LogP contribution in [0.1, 0.15) is 44.1 Å². The smallest absolute Gasteiger partial charge is 0.162 e. The Labute approximate surface area is 118 Å². The number of hydrogen-bond acceptors (Lipinski definition) is 1. The standard InChI is InChI=1S/C16H18ClFO/c17-15-11-14(18)9-8-13(15)10-16(19)12-6-4-2-1-3-5-7-12/h6,8-9,11H,1-5,7,10H2/b12-6+. The van der Waals surface area contributed by atoms with E-state index in [4.69, 9.17) is 11.6 Å². The molecule has 3 heteroatoms. The number of hydrogen-bond donors (Lipinski definition) is 0. The van der Waals surface area contributed by atoms with Gasteiger partial charge < -0.3 is 0 Å². The molecule has 0 heterocycles. The van der Waals surface area contributed by atoms with Crippen molar-refractivity contribution in [1.29, 1.82) is 0 Å². The van der Waals surface area contributed by atoms with Crippen LogP contribution in [-0.4, -0.2) is 5.78 Å². The molecule has 0 fully saturated rings. The molecule has 1 aliphatic rings. The highest BCUT2D eigenvalue weighted by Crippen LogP contribution is 2.22. The summed E-state index contributed by atoms with van der Waals surface area (Å²) in [6.07, 6.45) is 8.87. The van der Waals surface area contributed by atoms with Gasteiger partial charge in [-0.1, -0.05) is 36.6 Å². The van der Waals surface area contributed by atoms with E-state index in [0.29, 0.717) is 10.6 Å². The van der Waals surface area contributed by atoms with Gasteiger partial charge in [0.25, 0.3) is 0 Å². The molecule has 0 saturated heterocycles. The van der Waals surface area contributed by atoms with Gasteiger partial charge in [0.2, 0.25) is 0 Å². The Balaban J connectivity index is 2.07. The van der Waals surface area contributed by atoms with Crippen molar-refractivity contribution in [3.05, 3.63) is 46.3 Å². The molecule has 102 valence electrons. The molecule has 0 aromatic heterocycles. The largest absolute Gasteiger partial charge is 0.294 e. The second kappa shape index (κ2) is 6.85. The van der Waals surface area contributed by atoms with Crippen LogP contribution < -0.4 is 0 Å². The predicted octanol–water partition coefficient (Wildman–Crippen LogP) is 4.87. The Morgan fingerprint density at radius 3 is 2.79 bits per heavy atom. The number of rotatable bonds is 3. The number of allylic oxidation sites excluding steroid dienone is 2. The number of halogens is 2. The third-order valence-electron chi connectivity index (χ3n) is 3.52. The molecule has 19 heavy (non-hydrogen) atoms. The fraction of sp³-hybridized carbons (Fsp3) is 0.438. The summed E-state index contributed by atoms with van der Waals surface area (Å²) in [5.41, 5.74) is 1.62. The summed E-state index contributed by atoms with van der Waals surface area (Å²) in [6, 6.07) is 4.21. The van der Waals surface area contributed by atoms with E-state index in [1.807, 2.05) is 0 Å². The second-order valence-electron chi connectivity index (χ2n) is 5.02. The SMILES string of the molecule is O=C(Cc1ccc(F)cc1Cl)/C1=C/CCCCCC1. The van der Waals surface area contributed by atoms with Gasteiger partial charge in [-0.15, -0.1) is 0 Å². The lowest BCUT2D eigenvalue weighted by molar-refractivity contribution is -0.115. The first-order valence-electron chi connectivity index (χ1n) is 6.83. The van der Waals surface area contributed by atoms with Gasteiger partial charge in [0.05, 0.1) is 0 Å². The molecule has 0 unspecified atom stereocenters. The number of carbonyl (C=O) groups excluding carboxylic acids is 1. The molecular weight excluding hydrogens is 263 g/mol. The molecule has 1 aromatic carbocycles. The fourth-order valence-corrected chi connectivity index (χ4v) is 2.63. The summed E-state index contributed by atoms with van der Waals surface area (Å²) < 4.78 is 13.0. The minimum Gasteiger partial charge on any atom is -0.294 e. The minimum atomic E-state index is -0.369. The number of ketones is 1. The van der Waals surface area contributed by atoms with Crippen LogP contribution in [-0.2, 0) is 11.2 Å². The van der Waals surface area contributed by atoms with Crippen molar-refractivity contribution < 1.29 is 9.18 Å². The molecule has 0 aliphatic heterocycles. The van der Waals surface area contributed by atoms with Crippen molar-refractivity contribution in [2.75, 3.05) is 0 Å². The molecule has 0 N–H and O–H groups in total. The van der Waals surface area contributed by atoms with Crippen molar-refractivity contribution in [3.8, 4) is 0 Å². The maximum atomic E-state index is 13.0. The Morgan fingerprint density at radius 1 is 1.21 bits per heavy atom. The Bertz CT molecular complexity index is 494. The summed E-state index contributed by atoms with van der Waals surface area (Å²) in [5, 5.41) is 0.333. The first-order valence-corrected chi connectivity index (χ1v) is 7.21. The highest BCUT2D eigenvalue weighted by atomic mass is 35.5. The van der Waals surface area contributed by atoms with Crippen LogP contribution in [0.25, 0.3) is 0 Å². The maximum Gasteiger partial charge on any atom is 0.162 e. The first kappa shape index (κ1) is 14.3. The average Bonchev–Trinajstić information content (AvgIpc) is 2.32. The first-order chi connectivity index (χ1) is 9.16. The molecule has 0 amide bonds. The number of Topliss-reactive ketones (excluding diaryl/α,β-unsaturated/α-hetero) is 1. The van der Waals surface area contributed by atoms with E-state index in [0.717, 1.165) is 31.3 Å². The van der Waals surface area contributed by atoms with Crippen LogP contribution >= 0.6 is 11.6 Å². The van der Waals surface area contributed by atoms with Gasteiger partial charge in [-0.05, 0) is 49.0 Å². The molecule has 1 aliphatic carbocycles. The van der Waals surface area contributed by atoms with E-state index in [2.05, 4.69) is 6.08 Å². The van der Waals surface area contributed by atoms with E-state index in [1.54, 1.807) is 6.07 Å². The highest BCUT2D eigenvalue weighted by Gasteiger charge is 2.13. The zero-order chi connectivity index (χ0) is 13.7. The van der Waals surface area contributed by atoms with E-state index in [9.17, 15) is 9.18 Å². The molecule has 0 atom stereocenters. The van der Waals surface area contributed by atoms with E-state index in [-0.39, 0.29) is 18.0 Å². The van der Waals surface area contributed by atoms with Crippen LogP contribution in [0.5, 0.6) is 0 Å². The molecule has 0 saturated carbocycles. The number of benzene rings is 1. The molecular formula is C16H18ClFO. The maximum absolute atomic E-state index is 13.0. The van der Waals surface area contributed by atoms with Crippen LogP contribution in [0.2, 0.25) is 5.02 Å². The quantitative estimate of drug-likeness (QED) is 0.772. The lowest BCUT2D eigenvalue weighted by Gasteiger charge is -2.11. The van der Waals surface area contributed by atoms with Crippen LogP contribution in [0, 0.1) is 5.82 Å². The van der Waals surface area contributed by atoms with Gasteiger partial charge in [0.1, 0.15) is 5.82 Å². The average molecular weight is 281 g/mol. The predicted molar refractivity (Wildman–Crippen MR) is 75.9 cm³/mol. The zero-order valence-corrected chi connectivity index (χ0v) is 11.7. The van der Waals surface area contributed by atoms with Gasteiger partial charge in [-0.3, -0.25) is 4.79 Å². The van der Waals surface area contributed by atoms with E-state index in [1.165, 1.54) is 25.0 Å². The number of carbonyl (C=O) groups is 1. The molecule has 1 aromatic rings. The van der Waals surface area contributed by atoms with Gasteiger partial charge in [-0.2, -0.15) is 0 Å². The monoisotopic (exact) mass is 280 g/mol. The lowest BCUT2D eigenvalue weighted by Crippen LogP contribution is -2.08. The Kier molecular flexibility index (Phi) is 5.15. The summed E-state index contributed by atoms with van der Waals surface area (Å²) in [4.78, 5) is 12.2. The van der Waals surface area contributed by atoms with Crippen LogP contribution in [0.15, 0.2) is 29.8 Å². The van der Waals surface area contributed by atoms with Crippen molar-refractivity contribution in [2.24, 2.45) is 0 Å². The summed E-state index contributed by atoms with van der Waals surface area (Å²) in [6.45, 7) is 0. The normalized spacial score (nSPS) is 19.2. The van der Waals surface area contributed by atoms with Crippen LogP contribution in [0.4, 0.5) is 4.39 Å². The van der Waals surface area contributed by atoms with Gasteiger partial charge in [-0.25, -0.2) is 4.39 Å². The summed E-state index contributed by atoms with van der Waals surface area (Å²) in [5.74, 6) is -0.248. The van der Waals surface area contributed by atoms with Crippen molar-refractivity contribution >= 4 is 17.4 Å². The van der Waals surface area contributed by atoms with E-state index >= 15 is 0 Å². The summed E-state index contributed by atoms with van der Waals surface area (Å²) in [7, 11) is 0. The van der Waals surface area contributed by atoms with Crippen molar-refractivity contribution in [3.63, 3.8) is 0 Å². The molecule has 2 rings (SSSR count). The summed E-state index contributed by atoms with van der Waals surface area (Å²) >= 11 is 5.96. The second-order valence-corrected chi connectivity index (χ2v) is 5.43. The molecule has 1 nitrogen and oxygen atoms in total. The van der Waals surface area contributed by atoms with Crippen molar-refractivity contribution in [2.45, 2.75) is 44.9 Å². The third-order valence-corrected chi connectivity index (χ3v) is 3.87. The van der Waals surface area contributed by atoms with E-state index < -0.39 is 0 Å². The van der Waals surface area contributed by atoms with Gasteiger partial charge >= 0.3 is 0 Å². The van der Waals surface area contributed by atoms with Gasteiger partial charge in [0, 0.05) is 11.4 Å². The van der Waals surface area contributed by atoms with Crippen molar-refractivity contribution in [1.82, 2.24) is 0 Å². The lowest BCUT2D eigenvalue weighted by atomic mass is 9.94. The Hall–Kier alpha value is -1.15. The van der Waals surface area contributed by atoms with Crippen LogP contribution in [0.3, 0.4) is 0 Å². The third kappa shape index (κ3) is 4.17. The minimum absolute atomic E-state index is 0.121. The Morgan fingerprint density at radius 2 is 2.00 bits per heavy atom. The molecule has 0 radical (unpaired) electrons.